The van der Waals surface area contributed by atoms with Crippen LogP contribution >= 0.6 is 11.3 Å². The highest BCUT2D eigenvalue weighted by molar-refractivity contribution is 7.17. The summed E-state index contributed by atoms with van der Waals surface area (Å²) in [5, 5.41) is 5.48. The number of ether oxygens (including phenoxy) is 3. The van der Waals surface area contributed by atoms with Crippen molar-refractivity contribution in [3.63, 3.8) is 0 Å². The molecule has 1 aliphatic heterocycles. The molecular weight excluding hydrogens is 450 g/mol. The minimum Gasteiger partial charge on any atom is -0.462 e. The summed E-state index contributed by atoms with van der Waals surface area (Å²) in [6, 6.07) is 19.2. The van der Waals surface area contributed by atoms with E-state index in [4.69, 9.17) is 14.2 Å². The van der Waals surface area contributed by atoms with Gasteiger partial charge >= 0.3 is 5.97 Å². The molecule has 5 rings (SSSR count). The summed E-state index contributed by atoms with van der Waals surface area (Å²) in [5.41, 5.74) is 2.75. The Labute approximate surface area is 201 Å². The number of anilines is 1. The lowest BCUT2D eigenvalue weighted by Crippen LogP contribution is -2.14. The predicted octanol–water partition coefficient (Wildman–Crippen LogP) is 5.96. The number of amides is 1. The zero-order valence-electron chi connectivity index (χ0n) is 18.8. The van der Waals surface area contributed by atoms with Crippen molar-refractivity contribution in [3.05, 3.63) is 87.8 Å². The summed E-state index contributed by atoms with van der Waals surface area (Å²) < 4.78 is 16.2. The van der Waals surface area contributed by atoms with Gasteiger partial charge in [0.15, 0.2) is 11.5 Å². The van der Waals surface area contributed by atoms with E-state index in [1.54, 1.807) is 13.0 Å². The van der Waals surface area contributed by atoms with Crippen molar-refractivity contribution in [2.45, 2.75) is 20.3 Å². The molecule has 6 nitrogen and oxygen atoms in total. The highest BCUT2D eigenvalue weighted by Crippen LogP contribution is 2.38. The van der Waals surface area contributed by atoms with Crippen LogP contribution in [0.15, 0.2) is 60.7 Å². The molecule has 0 atom stereocenters. The van der Waals surface area contributed by atoms with Gasteiger partial charge in [0.05, 0.1) is 12.2 Å². The maximum Gasteiger partial charge on any atom is 0.341 e. The van der Waals surface area contributed by atoms with Crippen LogP contribution in [0.2, 0.25) is 0 Å². The molecule has 1 aliphatic rings. The van der Waals surface area contributed by atoms with Crippen LogP contribution in [0.3, 0.4) is 0 Å². The number of carbonyl (C=O) groups excluding carboxylic acids is 2. The first-order valence-electron chi connectivity index (χ1n) is 11.0. The minimum absolute atomic E-state index is 0.217. The Bertz CT molecular complexity index is 1410. The summed E-state index contributed by atoms with van der Waals surface area (Å²) in [5.74, 6) is 0.721. The third-order valence-electron chi connectivity index (χ3n) is 5.77. The van der Waals surface area contributed by atoms with Gasteiger partial charge in [-0.1, -0.05) is 36.4 Å². The zero-order valence-corrected chi connectivity index (χ0v) is 19.7. The molecular formula is C27H23NO5S. The molecule has 0 radical (unpaired) electrons. The van der Waals surface area contributed by atoms with E-state index in [1.165, 1.54) is 11.3 Å². The highest BCUT2D eigenvalue weighted by atomic mass is 32.1. The molecule has 0 saturated heterocycles. The van der Waals surface area contributed by atoms with E-state index in [1.807, 2.05) is 61.5 Å². The van der Waals surface area contributed by atoms with E-state index in [-0.39, 0.29) is 19.3 Å². The number of thiophene rings is 1. The molecule has 0 aliphatic carbocycles. The second-order valence-electron chi connectivity index (χ2n) is 7.96. The molecule has 34 heavy (non-hydrogen) atoms. The number of hydrogen-bond acceptors (Lipinski definition) is 6. The molecule has 1 N–H and O–H groups in total. The van der Waals surface area contributed by atoms with Crippen molar-refractivity contribution < 1.29 is 23.8 Å². The van der Waals surface area contributed by atoms with E-state index in [0.29, 0.717) is 28.3 Å². The average molecular weight is 474 g/mol. The van der Waals surface area contributed by atoms with Gasteiger partial charge in [0.2, 0.25) is 6.79 Å². The Hall–Kier alpha value is -3.84. The molecule has 7 heteroatoms. The number of fused-ring (bicyclic) bond motifs is 2. The van der Waals surface area contributed by atoms with Gasteiger partial charge in [0, 0.05) is 16.9 Å². The fourth-order valence-corrected chi connectivity index (χ4v) is 5.23. The fraction of sp³-hybridized carbons (Fsp3) is 0.185. The van der Waals surface area contributed by atoms with Gasteiger partial charge in [-0.3, -0.25) is 4.79 Å². The topological polar surface area (TPSA) is 73.9 Å². The lowest BCUT2D eigenvalue weighted by Gasteiger charge is -2.08. The Morgan fingerprint density at radius 2 is 1.79 bits per heavy atom. The molecule has 0 bridgehead atoms. The number of rotatable bonds is 6. The summed E-state index contributed by atoms with van der Waals surface area (Å²) in [6.07, 6.45) is 0.589. The predicted molar refractivity (Wildman–Crippen MR) is 132 cm³/mol. The van der Waals surface area contributed by atoms with Crippen molar-refractivity contribution in [2.24, 2.45) is 0 Å². The van der Waals surface area contributed by atoms with E-state index in [2.05, 4.69) is 5.32 Å². The minimum atomic E-state index is -0.443. The van der Waals surface area contributed by atoms with Crippen LogP contribution < -0.4 is 14.8 Å². The number of hydrogen-bond donors (Lipinski definition) is 1. The quantitative estimate of drug-likeness (QED) is 0.350. The first-order valence-corrected chi connectivity index (χ1v) is 11.8. The first kappa shape index (κ1) is 22.0. The largest absolute Gasteiger partial charge is 0.462 e. The van der Waals surface area contributed by atoms with Crippen molar-refractivity contribution >= 4 is 39.0 Å². The van der Waals surface area contributed by atoms with Crippen LogP contribution in [-0.4, -0.2) is 25.3 Å². The molecule has 0 saturated carbocycles. The molecule has 0 unspecified atom stereocenters. The fourth-order valence-electron chi connectivity index (χ4n) is 4.01. The number of carbonyl (C=O) groups is 2. The lowest BCUT2D eigenvalue weighted by molar-refractivity contribution is 0.0527. The normalized spacial score (nSPS) is 12.1. The summed E-state index contributed by atoms with van der Waals surface area (Å²) >= 11 is 1.39. The second-order valence-corrected chi connectivity index (χ2v) is 9.06. The molecule has 4 aromatic rings. The van der Waals surface area contributed by atoms with Gasteiger partial charge in [-0.05, 0) is 60.0 Å². The summed E-state index contributed by atoms with van der Waals surface area (Å²) in [6.45, 7) is 4.12. The van der Waals surface area contributed by atoms with Gasteiger partial charge < -0.3 is 19.5 Å². The van der Waals surface area contributed by atoms with E-state index in [9.17, 15) is 9.59 Å². The zero-order chi connectivity index (χ0) is 23.7. The molecule has 2 heterocycles. The molecule has 172 valence electrons. The first-order chi connectivity index (χ1) is 16.5. The van der Waals surface area contributed by atoms with Gasteiger partial charge in [0.25, 0.3) is 5.91 Å². The van der Waals surface area contributed by atoms with Crippen molar-refractivity contribution in [1.29, 1.82) is 0 Å². The van der Waals surface area contributed by atoms with Crippen LogP contribution in [0.5, 0.6) is 11.5 Å². The van der Waals surface area contributed by atoms with Gasteiger partial charge in [-0.15, -0.1) is 11.3 Å². The summed E-state index contributed by atoms with van der Waals surface area (Å²) in [7, 11) is 0. The Kier molecular flexibility index (Phi) is 5.94. The maximum atomic E-state index is 13.1. The smallest absolute Gasteiger partial charge is 0.341 e. The number of benzene rings is 3. The monoisotopic (exact) mass is 473 g/mol. The van der Waals surface area contributed by atoms with Crippen LogP contribution in [0, 0.1) is 6.92 Å². The summed E-state index contributed by atoms with van der Waals surface area (Å²) in [4.78, 5) is 26.9. The van der Waals surface area contributed by atoms with E-state index < -0.39 is 5.97 Å². The molecule has 0 spiro atoms. The van der Waals surface area contributed by atoms with Gasteiger partial charge in [-0.25, -0.2) is 4.79 Å². The lowest BCUT2D eigenvalue weighted by atomic mass is 10.0. The van der Waals surface area contributed by atoms with E-state index >= 15 is 0 Å². The molecule has 1 aromatic heterocycles. The Morgan fingerprint density at radius 3 is 2.62 bits per heavy atom. The highest BCUT2D eigenvalue weighted by Gasteiger charge is 2.24. The SMILES string of the molecule is CCOC(=O)c1c(NC(=O)c2ccc3ccccc3c2)sc(Cc2ccc3c(c2)OCO3)c1C. The average Bonchev–Trinajstić information content (AvgIpc) is 3.42. The van der Waals surface area contributed by atoms with Gasteiger partial charge in [-0.2, -0.15) is 0 Å². The standard InChI is InChI=1S/C27H23NO5S/c1-3-31-27(30)24-16(2)23(13-17-8-11-21-22(12-17)33-15-32-21)34-26(24)28-25(29)20-10-9-18-6-4-5-7-19(18)14-20/h4-12,14H,3,13,15H2,1-2H3,(H,28,29). The van der Waals surface area contributed by atoms with Crippen molar-refractivity contribution in [2.75, 3.05) is 18.7 Å². The number of nitrogens with one attached hydrogen (secondary N) is 1. The number of esters is 1. The second kappa shape index (κ2) is 9.19. The van der Waals surface area contributed by atoms with Crippen LogP contribution in [-0.2, 0) is 11.2 Å². The van der Waals surface area contributed by atoms with Crippen LogP contribution in [0.1, 0.15) is 43.6 Å². The van der Waals surface area contributed by atoms with Gasteiger partial charge in [0.1, 0.15) is 5.00 Å². The Balaban J connectivity index is 1.46. The van der Waals surface area contributed by atoms with Crippen LogP contribution in [0.4, 0.5) is 5.00 Å². The molecule has 0 fully saturated rings. The van der Waals surface area contributed by atoms with E-state index in [0.717, 1.165) is 32.5 Å². The third kappa shape index (κ3) is 4.22. The third-order valence-corrected chi connectivity index (χ3v) is 6.97. The Morgan fingerprint density at radius 1 is 1.00 bits per heavy atom. The molecule has 1 amide bonds. The van der Waals surface area contributed by atoms with Crippen LogP contribution in [0.25, 0.3) is 10.8 Å². The maximum absolute atomic E-state index is 13.1. The molecule has 3 aromatic carbocycles. The van der Waals surface area contributed by atoms with Crippen molar-refractivity contribution in [1.82, 2.24) is 0 Å². The van der Waals surface area contributed by atoms with Crippen molar-refractivity contribution in [3.8, 4) is 11.5 Å².